The molecule has 2 aromatic carbocycles. The van der Waals surface area contributed by atoms with E-state index in [1.165, 1.54) is 16.3 Å². The third kappa shape index (κ3) is 6.78. The molecule has 1 aliphatic rings. The van der Waals surface area contributed by atoms with E-state index in [0.29, 0.717) is 13.2 Å². The van der Waals surface area contributed by atoms with Gasteiger partial charge in [-0.05, 0) is 62.0 Å². The van der Waals surface area contributed by atoms with E-state index in [4.69, 9.17) is 4.74 Å². The monoisotopic (exact) mass is 460 g/mol. The average Bonchev–Trinajstić information content (AvgIpc) is 2.83. The Morgan fingerprint density at radius 3 is 2.71 bits per heavy atom. The number of likely N-dealkylation sites (tertiary alicyclic amines) is 1. The minimum atomic E-state index is -0.0406. The highest BCUT2D eigenvalue weighted by atomic mass is 16.5. The molecule has 1 amide bonds. The summed E-state index contributed by atoms with van der Waals surface area (Å²) < 4.78 is 6.07. The minimum Gasteiger partial charge on any atom is -0.492 e. The molecule has 180 valence electrons. The zero-order valence-corrected chi connectivity index (χ0v) is 20.5. The number of amides is 1. The number of hydrogen-bond donors (Lipinski definition) is 1. The topological polar surface area (TPSA) is 57.7 Å². The molecule has 4 rings (SSSR count). The largest absolute Gasteiger partial charge is 0.492 e. The van der Waals surface area contributed by atoms with Crippen molar-refractivity contribution >= 4 is 16.7 Å². The number of benzene rings is 2. The molecule has 0 bridgehead atoms. The summed E-state index contributed by atoms with van der Waals surface area (Å²) in [6.07, 6.45) is 2.61. The SMILES string of the molecule is Cc1ccc(OC[C@H]2C[C@@H](C(=O)NCCN(C)C)CN(Cc3ccc4ccccc4c3)C2)cn1. The molecule has 0 radical (unpaired) electrons. The second kappa shape index (κ2) is 11.4. The third-order valence-corrected chi connectivity index (χ3v) is 6.43. The molecule has 3 aromatic rings. The van der Waals surface area contributed by atoms with Crippen LogP contribution in [-0.2, 0) is 11.3 Å². The van der Waals surface area contributed by atoms with E-state index in [1.807, 2.05) is 33.2 Å². The lowest BCUT2D eigenvalue weighted by Gasteiger charge is -2.37. The number of aromatic nitrogens is 1. The second-order valence-corrected chi connectivity index (χ2v) is 9.71. The van der Waals surface area contributed by atoms with Crippen LogP contribution in [0.4, 0.5) is 0 Å². The lowest BCUT2D eigenvalue weighted by molar-refractivity contribution is -0.127. The molecule has 0 spiro atoms. The number of nitrogens with zero attached hydrogens (tertiary/aromatic N) is 3. The maximum Gasteiger partial charge on any atom is 0.224 e. The highest BCUT2D eigenvalue weighted by molar-refractivity contribution is 5.83. The fourth-order valence-electron chi connectivity index (χ4n) is 4.64. The van der Waals surface area contributed by atoms with Gasteiger partial charge < -0.3 is 15.0 Å². The number of fused-ring (bicyclic) bond motifs is 1. The van der Waals surface area contributed by atoms with Gasteiger partial charge in [-0.25, -0.2) is 0 Å². The number of carbonyl (C=O) groups is 1. The van der Waals surface area contributed by atoms with Gasteiger partial charge in [0.1, 0.15) is 5.75 Å². The first kappa shape index (κ1) is 24.2. The minimum absolute atomic E-state index is 0.0406. The molecular weight excluding hydrogens is 424 g/mol. The summed E-state index contributed by atoms with van der Waals surface area (Å²) in [4.78, 5) is 21.8. The Hall–Kier alpha value is -2.96. The van der Waals surface area contributed by atoms with Crippen molar-refractivity contribution in [2.45, 2.75) is 19.9 Å². The summed E-state index contributed by atoms with van der Waals surface area (Å²) in [5.74, 6) is 1.16. The quantitative estimate of drug-likeness (QED) is 0.527. The number of likely N-dealkylation sites (N-methyl/N-ethyl adjacent to an activating group) is 1. The molecule has 6 heteroatoms. The van der Waals surface area contributed by atoms with Gasteiger partial charge in [-0.15, -0.1) is 0 Å². The number of aryl methyl sites for hydroxylation is 1. The van der Waals surface area contributed by atoms with E-state index in [0.717, 1.165) is 44.0 Å². The molecule has 1 fully saturated rings. The van der Waals surface area contributed by atoms with Crippen LogP contribution in [0, 0.1) is 18.8 Å². The Kier molecular flexibility index (Phi) is 8.14. The maximum atomic E-state index is 13.0. The zero-order valence-electron chi connectivity index (χ0n) is 20.5. The Bertz CT molecular complexity index is 1080. The molecule has 1 saturated heterocycles. The van der Waals surface area contributed by atoms with E-state index >= 15 is 0 Å². The van der Waals surface area contributed by atoms with Gasteiger partial charge in [0.2, 0.25) is 5.91 Å². The molecule has 0 saturated carbocycles. The van der Waals surface area contributed by atoms with Crippen LogP contribution in [-0.4, -0.2) is 67.6 Å². The van der Waals surface area contributed by atoms with Crippen LogP contribution in [0.5, 0.6) is 5.75 Å². The van der Waals surface area contributed by atoms with Crippen LogP contribution in [0.25, 0.3) is 10.8 Å². The summed E-state index contributed by atoms with van der Waals surface area (Å²) in [5, 5.41) is 5.64. The molecular formula is C28H36N4O2. The number of rotatable bonds is 9. The number of piperidine rings is 1. The molecule has 2 heterocycles. The van der Waals surface area contributed by atoms with Crippen molar-refractivity contribution in [1.82, 2.24) is 20.1 Å². The molecule has 0 unspecified atom stereocenters. The van der Waals surface area contributed by atoms with Crippen LogP contribution >= 0.6 is 0 Å². The first-order valence-electron chi connectivity index (χ1n) is 12.1. The smallest absolute Gasteiger partial charge is 0.224 e. The normalized spacial score (nSPS) is 18.8. The first-order chi connectivity index (χ1) is 16.5. The summed E-state index contributed by atoms with van der Waals surface area (Å²) in [6.45, 7) is 6.57. The molecule has 1 aliphatic heterocycles. The van der Waals surface area contributed by atoms with E-state index in [9.17, 15) is 4.79 Å². The second-order valence-electron chi connectivity index (χ2n) is 9.71. The van der Waals surface area contributed by atoms with Crippen molar-refractivity contribution < 1.29 is 9.53 Å². The predicted molar refractivity (Wildman–Crippen MR) is 137 cm³/mol. The molecule has 6 nitrogen and oxygen atoms in total. The van der Waals surface area contributed by atoms with E-state index < -0.39 is 0 Å². The van der Waals surface area contributed by atoms with Gasteiger partial charge in [0.15, 0.2) is 0 Å². The predicted octanol–water partition coefficient (Wildman–Crippen LogP) is 3.74. The Labute approximate surface area is 202 Å². The van der Waals surface area contributed by atoms with Crippen molar-refractivity contribution in [2.75, 3.05) is 46.9 Å². The van der Waals surface area contributed by atoms with E-state index in [-0.39, 0.29) is 17.7 Å². The van der Waals surface area contributed by atoms with Gasteiger partial charge in [0.25, 0.3) is 0 Å². The summed E-state index contributed by atoms with van der Waals surface area (Å²) >= 11 is 0. The van der Waals surface area contributed by atoms with E-state index in [2.05, 4.69) is 62.6 Å². The average molecular weight is 461 g/mol. The summed E-state index contributed by atoms with van der Waals surface area (Å²) in [7, 11) is 4.04. The molecule has 1 aromatic heterocycles. The van der Waals surface area contributed by atoms with Crippen LogP contribution in [0.1, 0.15) is 17.7 Å². The summed E-state index contributed by atoms with van der Waals surface area (Å²) in [6, 6.07) is 19.0. The lowest BCUT2D eigenvalue weighted by atomic mass is 9.88. The van der Waals surface area contributed by atoms with Gasteiger partial charge in [0.05, 0.1) is 18.7 Å². The Morgan fingerprint density at radius 1 is 1.12 bits per heavy atom. The molecule has 34 heavy (non-hydrogen) atoms. The number of nitrogens with one attached hydrogen (secondary N) is 1. The van der Waals surface area contributed by atoms with Crippen molar-refractivity contribution in [3.63, 3.8) is 0 Å². The number of hydrogen-bond acceptors (Lipinski definition) is 5. The highest BCUT2D eigenvalue weighted by Gasteiger charge is 2.32. The lowest BCUT2D eigenvalue weighted by Crippen LogP contribution is -2.48. The van der Waals surface area contributed by atoms with Crippen LogP contribution in [0.15, 0.2) is 60.8 Å². The zero-order chi connectivity index (χ0) is 23.9. The number of carbonyl (C=O) groups excluding carboxylic acids is 1. The number of ether oxygens (including phenoxy) is 1. The summed E-state index contributed by atoms with van der Waals surface area (Å²) in [5.41, 5.74) is 2.25. The van der Waals surface area contributed by atoms with Crippen molar-refractivity contribution in [3.8, 4) is 5.75 Å². The van der Waals surface area contributed by atoms with Crippen molar-refractivity contribution in [3.05, 3.63) is 72.1 Å². The Morgan fingerprint density at radius 2 is 1.94 bits per heavy atom. The van der Waals surface area contributed by atoms with Crippen molar-refractivity contribution in [2.24, 2.45) is 11.8 Å². The Balaban J connectivity index is 1.43. The van der Waals surface area contributed by atoms with Gasteiger partial charge >= 0.3 is 0 Å². The standard InChI is InChI=1S/C28H36N4O2/c1-21-8-11-27(16-30-21)34-20-23-15-26(28(33)29-12-13-31(2)3)19-32(18-23)17-22-9-10-24-6-4-5-7-25(24)14-22/h4-11,14,16,23,26H,12-13,15,17-20H2,1-3H3,(H,29,33)/t23-,26+/m0/s1. The van der Waals surface area contributed by atoms with Crippen LogP contribution in [0.2, 0.25) is 0 Å². The first-order valence-corrected chi connectivity index (χ1v) is 12.1. The van der Waals surface area contributed by atoms with Gasteiger partial charge in [0, 0.05) is 44.3 Å². The third-order valence-electron chi connectivity index (χ3n) is 6.43. The van der Waals surface area contributed by atoms with Gasteiger partial charge in [-0.3, -0.25) is 14.7 Å². The van der Waals surface area contributed by atoms with Gasteiger partial charge in [-0.2, -0.15) is 0 Å². The highest BCUT2D eigenvalue weighted by Crippen LogP contribution is 2.26. The fraction of sp³-hybridized carbons (Fsp3) is 0.429. The van der Waals surface area contributed by atoms with Crippen LogP contribution < -0.4 is 10.1 Å². The maximum absolute atomic E-state index is 13.0. The van der Waals surface area contributed by atoms with Crippen molar-refractivity contribution in [1.29, 1.82) is 0 Å². The van der Waals surface area contributed by atoms with Crippen LogP contribution in [0.3, 0.4) is 0 Å². The van der Waals surface area contributed by atoms with Gasteiger partial charge in [-0.1, -0.05) is 36.4 Å². The molecule has 2 atom stereocenters. The molecule has 1 N–H and O–H groups in total. The fourth-order valence-corrected chi connectivity index (χ4v) is 4.64. The van der Waals surface area contributed by atoms with E-state index in [1.54, 1.807) is 6.20 Å². The molecule has 0 aliphatic carbocycles. The number of pyridine rings is 1.